The third-order valence-corrected chi connectivity index (χ3v) is 5.14. The minimum Gasteiger partial charge on any atom is -0.497 e. The van der Waals surface area contributed by atoms with Gasteiger partial charge in [0.05, 0.1) is 26.4 Å². The molecule has 0 spiro atoms. The van der Waals surface area contributed by atoms with E-state index < -0.39 is 0 Å². The highest BCUT2D eigenvalue weighted by atomic mass is 16.5. The third-order valence-electron chi connectivity index (χ3n) is 5.14. The van der Waals surface area contributed by atoms with E-state index in [-0.39, 0.29) is 12.1 Å². The maximum absolute atomic E-state index is 12.5. The highest BCUT2D eigenvalue weighted by Crippen LogP contribution is 2.24. The first-order valence-electron chi connectivity index (χ1n) is 9.16. The lowest BCUT2D eigenvalue weighted by atomic mass is 10.0. The van der Waals surface area contributed by atoms with Crippen LogP contribution in [0.15, 0.2) is 24.3 Å². The van der Waals surface area contributed by atoms with Gasteiger partial charge < -0.3 is 19.7 Å². The van der Waals surface area contributed by atoms with Crippen LogP contribution in [0.4, 0.5) is 4.79 Å². The number of hydrogen-bond acceptors (Lipinski definition) is 4. The van der Waals surface area contributed by atoms with Crippen LogP contribution in [0.2, 0.25) is 0 Å². The van der Waals surface area contributed by atoms with E-state index in [9.17, 15) is 4.79 Å². The Labute approximate surface area is 150 Å². The molecule has 138 valence electrons. The van der Waals surface area contributed by atoms with E-state index in [1.165, 1.54) is 5.56 Å². The molecule has 1 aromatic rings. The summed E-state index contributed by atoms with van der Waals surface area (Å²) < 4.78 is 10.7. The van der Waals surface area contributed by atoms with Gasteiger partial charge in [0.2, 0.25) is 0 Å². The fraction of sp³-hybridized carbons (Fsp3) is 0.632. The van der Waals surface area contributed by atoms with Crippen molar-refractivity contribution in [1.82, 2.24) is 15.1 Å². The summed E-state index contributed by atoms with van der Waals surface area (Å²) in [6, 6.07) is 8.33. The molecule has 2 fully saturated rings. The van der Waals surface area contributed by atoms with Crippen molar-refractivity contribution in [3.63, 3.8) is 0 Å². The third kappa shape index (κ3) is 4.64. The lowest BCUT2D eigenvalue weighted by Gasteiger charge is -2.35. The van der Waals surface area contributed by atoms with Crippen LogP contribution in [-0.4, -0.2) is 68.9 Å². The van der Waals surface area contributed by atoms with Crippen molar-refractivity contribution in [2.24, 2.45) is 5.92 Å². The Morgan fingerprint density at radius 3 is 2.60 bits per heavy atom. The zero-order valence-electron chi connectivity index (χ0n) is 15.2. The van der Waals surface area contributed by atoms with Crippen LogP contribution in [-0.2, 0) is 4.74 Å². The molecular formula is C19H29N3O3. The van der Waals surface area contributed by atoms with Crippen LogP contribution < -0.4 is 10.1 Å². The Hall–Kier alpha value is -1.79. The summed E-state index contributed by atoms with van der Waals surface area (Å²) in [6.45, 7) is 7.76. The number of nitrogens with one attached hydrogen (secondary N) is 1. The molecule has 2 atom stereocenters. The van der Waals surface area contributed by atoms with Crippen LogP contribution in [0.3, 0.4) is 0 Å². The smallest absolute Gasteiger partial charge is 0.317 e. The van der Waals surface area contributed by atoms with E-state index >= 15 is 0 Å². The predicted molar refractivity (Wildman–Crippen MR) is 96.9 cm³/mol. The number of ether oxygens (including phenoxy) is 2. The molecule has 6 heteroatoms. The summed E-state index contributed by atoms with van der Waals surface area (Å²) in [5.74, 6) is 1.45. The lowest BCUT2D eigenvalue weighted by molar-refractivity contribution is 0.0165. The van der Waals surface area contributed by atoms with Gasteiger partial charge in [0.15, 0.2) is 0 Å². The van der Waals surface area contributed by atoms with Gasteiger partial charge in [-0.15, -0.1) is 0 Å². The second-order valence-electron chi connectivity index (χ2n) is 6.96. The number of amides is 2. The predicted octanol–water partition coefficient (Wildman–Crippen LogP) is 2.12. The number of likely N-dealkylation sites (tertiary alicyclic amines) is 1. The maximum atomic E-state index is 12.5. The van der Waals surface area contributed by atoms with Gasteiger partial charge in [-0.1, -0.05) is 19.1 Å². The van der Waals surface area contributed by atoms with E-state index in [1.807, 2.05) is 17.0 Å². The van der Waals surface area contributed by atoms with E-state index in [1.54, 1.807) is 7.11 Å². The zero-order valence-corrected chi connectivity index (χ0v) is 15.2. The number of methoxy groups -OCH3 is 1. The van der Waals surface area contributed by atoms with Crippen molar-refractivity contribution in [2.75, 3.05) is 53.0 Å². The monoisotopic (exact) mass is 347 g/mol. The Morgan fingerprint density at radius 2 is 2.00 bits per heavy atom. The van der Waals surface area contributed by atoms with Gasteiger partial charge >= 0.3 is 6.03 Å². The number of carbonyl (C=O) groups is 1. The van der Waals surface area contributed by atoms with Gasteiger partial charge in [0.25, 0.3) is 0 Å². The molecule has 2 heterocycles. The fourth-order valence-electron chi connectivity index (χ4n) is 3.59. The van der Waals surface area contributed by atoms with Crippen LogP contribution in [0.1, 0.15) is 24.9 Å². The lowest BCUT2D eigenvalue weighted by Crippen LogP contribution is -2.46. The fourth-order valence-corrected chi connectivity index (χ4v) is 3.59. The van der Waals surface area contributed by atoms with Crippen molar-refractivity contribution in [3.8, 4) is 5.75 Å². The summed E-state index contributed by atoms with van der Waals surface area (Å²) in [7, 11) is 1.67. The van der Waals surface area contributed by atoms with Gasteiger partial charge in [-0.05, 0) is 30.0 Å². The summed E-state index contributed by atoms with van der Waals surface area (Å²) in [6.07, 6.45) is 1.10. The molecule has 0 unspecified atom stereocenters. The number of hydrogen-bond donors (Lipinski definition) is 1. The first-order chi connectivity index (χ1) is 12.2. The van der Waals surface area contributed by atoms with Gasteiger partial charge in [0, 0.05) is 32.7 Å². The topological polar surface area (TPSA) is 54.0 Å². The Kier molecular flexibility index (Phi) is 6.15. The van der Waals surface area contributed by atoms with Gasteiger partial charge in [-0.3, -0.25) is 4.90 Å². The quantitative estimate of drug-likeness (QED) is 0.886. The molecule has 0 aliphatic carbocycles. The molecule has 1 N–H and O–H groups in total. The van der Waals surface area contributed by atoms with Crippen LogP contribution in [0.5, 0.6) is 5.75 Å². The molecule has 2 aliphatic heterocycles. The van der Waals surface area contributed by atoms with Gasteiger partial charge in [0.1, 0.15) is 5.75 Å². The highest BCUT2D eigenvalue weighted by molar-refractivity contribution is 5.74. The second kappa shape index (κ2) is 8.54. The Balaban J connectivity index is 1.66. The van der Waals surface area contributed by atoms with Crippen molar-refractivity contribution in [3.05, 3.63) is 29.8 Å². The molecule has 6 nitrogen and oxygen atoms in total. The molecule has 25 heavy (non-hydrogen) atoms. The number of urea groups is 1. The zero-order chi connectivity index (χ0) is 17.6. The van der Waals surface area contributed by atoms with E-state index in [2.05, 4.69) is 29.3 Å². The maximum Gasteiger partial charge on any atom is 0.317 e. The number of carbonyl (C=O) groups excluding carboxylic acids is 1. The summed E-state index contributed by atoms with van der Waals surface area (Å²) in [5, 5.41) is 3.14. The SMILES string of the molecule is COc1ccc([C@H](CNC(=O)N2CC[C@@H](C)C2)N2CCOCC2)cc1. The number of nitrogens with zero attached hydrogens (tertiary/aromatic N) is 2. The van der Waals surface area contributed by atoms with Gasteiger partial charge in [-0.25, -0.2) is 4.79 Å². The molecule has 2 amide bonds. The highest BCUT2D eigenvalue weighted by Gasteiger charge is 2.26. The average Bonchev–Trinajstić information content (AvgIpc) is 3.10. The number of rotatable bonds is 5. The molecule has 3 rings (SSSR count). The summed E-state index contributed by atoms with van der Waals surface area (Å²) >= 11 is 0. The minimum atomic E-state index is 0.0520. The molecule has 0 saturated carbocycles. The molecular weight excluding hydrogens is 318 g/mol. The number of benzene rings is 1. The molecule has 0 radical (unpaired) electrons. The molecule has 2 aliphatic rings. The van der Waals surface area contributed by atoms with Crippen LogP contribution in [0.25, 0.3) is 0 Å². The summed E-state index contributed by atoms with van der Waals surface area (Å²) in [4.78, 5) is 16.8. The first kappa shape index (κ1) is 18.0. The second-order valence-corrected chi connectivity index (χ2v) is 6.96. The van der Waals surface area contributed by atoms with E-state index in [0.29, 0.717) is 12.5 Å². The molecule has 1 aromatic carbocycles. The largest absolute Gasteiger partial charge is 0.497 e. The standard InChI is InChI=1S/C19H29N3O3/c1-15-7-8-22(14-15)19(23)20-13-18(21-9-11-25-12-10-21)16-3-5-17(24-2)6-4-16/h3-6,15,18H,7-14H2,1-2H3,(H,20,23)/t15-,18+/m1/s1. The van der Waals surface area contributed by atoms with Crippen LogP contribution >= 0.6 is 0 Å². The average molecular weight is 347 g/mol. The van der Waals surface area contributed by atoms with Gasteiger partial charge in [-0.2, -0.15) is 0 Å². The van der Waals surface area contributed by atoms with Crippen molar-refractivity contribution in [2.45, 2.75) is 19.4 Å². The van der Waals surface area contributed by atoms with E-state index in [0.717, 1.165) is 51.6 Å². The normalized spacial score (nSPS) is 22.6. The van der Waals surface area contributed by atoms with Crippen LogP contribution in [0, 0.1) is 5.92 Å². The molecule has 2 saturated heterocycles. The summed E-state index contributed by atoms with van der Waals surface area (Å²) in [5.41, 5.74) is 1.19. The first-order valence-corrected chi connectivity index (χ1v) is 9.16. The van der Waals surface area contributed by atoms with E-state index in [4.69, 9.17) is 9.47 Å². The Bertz CT molecular complexity index is 558. The molecule has 0 aromatic heterocycles. The Morgan fingerprint density at radius 1 is 1.28 bits per heavy atom. The molecule has 0 bridgehead atoms. The number of morpholine rings is 1. The van der Waals surface area contributed by atoms with Crippen molar-refractivity contribution < 1.29 is 14.3 Å². The van der Waals surface area contributed by atoms with Crippen molar-refractivity contribution in [1.29, 1.82) is 0 Å². The minimum absolute atomic E-state index is 0.0520. The van der Waals surface area contributed by atoms with Crippen molar-refractivity contribution >= 4 is 6.03 Å².